The van der Waals surface area contributed by atoms with Crippen LogP contribution in [0.3, 0.4) is 0 Å². The fourth-order valence-electron chi connectivity index (χ4n) is 1.91. The van der Waals surface area contributed by atoms with Crippen molar-refractivity contribution >= 4 is 11.6 Å². The summed E-state index contributed by atoms with van der Waals surface area (Å²) in [5.41, 5.74) is 5.85. The highest BCUT2D eigenvalue weighted by Crippen LogP contribution is 2.18. The molecule has 1 atom stereocenters. The molecule has 0 amide bonds. The Morgan fingerprint density at radius 3 is 2.53 bits per heavy atom. The van der Waals surface area contributed by atoms with Gasteiger partial charge in [-0.05, 0) is 26.7 Å². The third-order valence-corrected chi connectivity index (χ3v) is 3.01. The van der Waals surface area contributed by atoms with Gasteiger partial charge in [-0.25, -0.2) is 9.97 Å². The fourth-order valence-corrected chi connectivity index (χ4v) is 1.91. The van der Waals surface area contributed by atoms with Crippen molar-refractivity contribution in [2.24, 2.45) is 0 Å². The van der Waals surface area contributed by atoms with Crippen LogP contribution in [-0.4, -0.2) is 22.6 Å². The van der Waals surface area contributed by atoms with E-state index in [1.165, 1.54) is 0 Å². The SMILES string of the molecule is CCCc1nc(N)cc(N(CC)C(C)CC)n1. The van der Waals surface area contributed by atoms with Crippen LogP contribution >= 0.6 is 0 Å². The number of nitrogen functional groups attached to an aromatic ring is 1. The highest BCUT2D eigenvalue weighted by molar-refractivity contribution is 5.47. The Bertz CT molecular complexity index is 351. The highest BCUT2D eigenvalue weighted by atomic mass is 15.2. The van der Waals surface area contributed by atoms with Gasteiger partial charge >= 0.3 is 0 Å². The summed E-state index contributed by atoms with van der Waals surface area (Å²) >= 11 is 0. The Hall–Kier alpha value is -1.32. The lowest BCUT2D eigenvalue weighted by atomic mass is 10.2. The number of aryl methyl sites for hydroxylation is 1. The van der Waals surface area contributed by atoms with Crippen LogP contribution in [0, 0.1) is 0 Å². The average Bonchev–Trinajstić information content (AvgIpc) is 2.29. The van der Waals surface area contributed by atoms with Crippen LogP contribution in [0.25, 0.3) is 0 Å². The molecule has 0 aromatic carbocycles. The van der Waals surface area contributed by atoms with Crippen molar-refractivity contribution in [2.75, 3.05) is 17.2 Å². The van der Waals surface area contributed by atoms with E-state index >= 15 is 0 Å². The van der Waals surface area contributed by atoms with Crippen LogP contribution in [-0.2, 0) is 6.42 Å². The number of aromatic nitrogens is 2. The van der Waals surface area contributed by atoms with Gasteiger partial charge in [0.05, 0.1) is 0 Å². The van der Waals surface area contributed by atoms with Gasteiger partial charge < -0.3 is 10.6 Å². The molecule has 96 valence electrons. The summed E-state index contributed by atoms with van der Waals surface area (Å²) in [6, 6.07) is 2.35. The smallest absolute Gasteiger partial charge is 0.134 e. The predicted octanol–water partition coefficient (Wildman–Crippen LogP) is 2.64. The van der Waals surface area contributed by atoms with E-state index in [1.54, 1.807) is 0 Å². The lowest BCUT2D eigenvalue weighted by Crippen LogP contribution is -2.33. The zero-order valence-corrected chi connectivity index (χ0v) is 11.4. The Labute approximate surface area is 104 Å². The molecule has 1 rings (SSSR count). The first-order valence-electron chi connectivity index (χ1n) is 6.52. The Morgan fingerprint density at radius 2 is 2.00 bits per heavy atom. The Kier molecular flexibility index (Phi) is 5.19. The van der Waals surface area contributed by atoms with E-state index in [0.717, 1.165) is 37.4 Å². The van der Waals surface area contributed by atoms with Crippen molar-refractivity contribution < 1.29 is 0 Å². The molecule has 17 heavy (non-hydrogen) atoms. The zero-order valence-electron chi connectivity index (χ0n) is 11.4. The zero-order chi connectivity index (χ0) is 12.8. The molecule has 1 aromatic heterocycles. The van der Waals surface area contributed by atoms with Crippen LogP contribution in [0.5, 0.6) is 0 Å². The monoisotopic (exact) mass is 236 g/mol. The van der Waals surface area contributed by atoms with Gasteiger partial charge in [0.1, 0.15) is 17.5 Å². The van der Waals surface area contributed by atoms with Crippen LogP contribution in [0.4, 0.5) is 11.6 Å². The van der Waals surface area contributed by atoms with E-state index in [4.69, 9.17) is 5.73 Å². The van der Waals surface area contributed by atoms with E-state index in [9.17, 15) is 0 Å². The molecule has 0 saturated heterocycles. The first-order valence-corrected chi connectivity index (χ1v) is 6.52. The number of nitrogens with two attached hydrogens (primary N) is 1. The predicted molar refractivity (Wildman–Crippen MR) is 73.2 cm³/mol. The van der Waals surface area contributed by atoms with Crippen LogP contribution in [0.1, 0.15) is 46.4 Å². The maximum Gasteiger partial charge on any atom is 0.134 e. The van der Waals surface area contributed by atoms with Gasteiger partial charge in [0.2, 0.25) is 0 Å². The lowest BCUT2D eigenvalue weighted by molar-refractivity contribution is 0.620. The number of anilines is 2. The number of hydrogen-bond acceptors (Lipinski definition) is 4. The molecule has 4 nitrogen and oxygen atoms in total. The second kappa shape index (κ2) is 6.42. The summed E-state index contributed by atoms with van der Waals surface area (Å²) in [7, 11) is 0. The molecule has 1 aromatic rings. The van der Waals surface area contributed by atoms with Crippen molar-refractivity contribution in [3.63, 3.8) is 0 Å². The molecule has 0 bridgehead atoms. The minimum atomic E-state index is 0.476. The largest absolute Gasteiger partial charge is 0.384 e. The van der Waals surface area contributed by atoms with Gasteiger partial charge in [0.25, 0.3) is 0 Å². The van der Waals surface area contributed by atoms with Crippen molar-refractivity contribution in [3.05, 3.63) is 11.9 Å². The quantitative estimate of drug-likeness (QED) is 0.825. The average molecular weight is 236 g/mol. The summed E-state index contributed by atoms with van der Waals surface area (Å²) in [6.45, 7) is 9.60. The maximum atomic E-state index is 5.85. The summed E-state index contributed by atoms with van der Waals surface area (Å²) in [5, 5.41) is 0. The van der Waals surface area contributed by atoms with Crippen LogP contribution in [0.2, 0.25) is 0 Å². The second-order valence-corrected chi connectivity index (χ2v) is 4.36. The molecule has 0 aliphatic carbocycles. The number of hydrogen-bond donors (Lipinski definition) is 1. The summed E-state index contributed by atoms with van der Waals surface area (Å²) in [5.74, 6) is 2.38. The minimum absolute atomic E-state index is 0.476. The van der Waals surface area contributed by atoms with Crippen molar-refractivity contribution in [2.45, 2.75) is 53.0 Å². The maximum absolute atomic E-state index is 5.85. The molecule has 4 heteroatoms. The van der Waals surface area contributed by atoms with E-state index in [0.29, 0.717) is 11.9 Å². The summed E-state index contributed by atoms with van der Waals surface area (Å²) in [6.07, 6.45) is 3.02. The Morgan fingerprint density at radius 1 is 1.29 bits per heavy atom. The molecule has 1 unspecified atom stereocenters. The van der Waals surface area contributed by atoms with Crippen molar-refractivity contribution in [1.29, 1.82) is 0 Å². The van der Waals surface area contributed by atoms with Crippen LogP contribution < -0.4 is 10.6 Å². The van der Waals surface area contributed by atoms with Gasteiger partial charge in [-0.15, -0.1) is 0 Å². The highest BCUT2D eigenvalue weighted by Gasteiger charge is 2.14. The lowest BCUT2D eigenvalue weighted by Gasteiger charge is -2.28. The van der Waals surface area contributed by atoms with Gasteiger partial charge in [0.15, 0.2) is 0 Å². The molecular weight excluding hydrogens is 212 g/mol. The molecule has 0 radical (unpaired) electrons. The molecule has 0 aliphatic heterocycles. The molecule has 0 aliphatic rings. The molecule has 1 heterocycles. The standard InChI is InChI=1S/C13H24N4/c1-5-8-12-15-11(14)9-13(16-12)17(7-3)10(4)6-2/h9-10H,5-8H2,1-4H3,(H2,14,15,16). The van der Waals surface area contributed by atoms with E-state index in [-0.39, 0.29) is 0 Å². The second-order valence-electron chi connectivity index (χ2n) is 4.36. The summed E-state index contributed by atoms with van der Waals surface area (Å²) < 4.78 is 0. The van der Waals surface area contributed by atoms with E-state index in [2.05, 4.69) is 42.6 Å². The minimum Gasteiger partial charge on any atom is -0.384 e. The molecule has 0 spiro atoms. The molecule has 0 saturated carbocycles. The van der Waals surface area contributed by atoms with E-state index < -0.39 is 0 Å². The fraction of sp³-hybridized carbons (Fsp3) is 0.692. The topological polar surface area (TPSA) is 55.0 Å². The number of rotatable bonds is 6. The molecule has 0 fully saturated rings. The van der Waals surface area contributed by atoms with Crippen molar-refractivity contribution in [1.82, 2.24) is 9.97 Å². The molecule has 2 N–H and O–H groups in total. The number of nitrogens with zero attached hydrogens (tertiary/aromatic N) is 3. The van der Waals surface area contributed by atoms with E-state index in [1.807, 2.05) is 6.07 Å². The van der Waals surface area contributed by atoms with Gasteiger partial charge in [-0.3, -0.25) is 0 Å². The van der Waals surface area contributed by atoms with Gasteiger partial charge in [-0.2, -0.15) is 0 Å². The normalized spacial score (nSPS) is 12.5. The van der Waals surface area contributed by atoms with Gasteiger partial charge in [-0.1, -0.05) is 13.8 Å². The Balaban J connectivity index is 3.01. The van der Waals surface area contributed by atoms with Crippen LogP contribution in [0.15, 0.2) is 6.07 Å². The van der Waals surface area contributed by atoms with Crippen molar-refractivity contribution in [3.8, 4) is 0 Å². The third kappa shape index (κ3) is 3.58. The first kappa shape index (κ1) is 13.7. The third-order valence-electron chi connectivity index (χ3n) is 3.01. The van der Waals surface area contributed by atoms with Gasteiger partial charge in [0, 0.05) is 25.1 Å². The first-order chi connectivity index (χ1) is 8.12. The molecular formula is C13H24N4. The summed E-state index contributed by atoms with van der Waals surface area (Å²) in [4.78, 5) is 11.1.